The summed E-state index contributed by atoms with van der Waals surface area (Å²) in [5, 5.41) is 21.0. The van der Waals surface area contributed by atoms with E-state index in [9.17, 15) is 0 Å². The zero-order valence-corrected chi connectivity index (χ0v) is 27.4. The van der Waals surface area contributed by atoms with Crippen LogP contribution in [0.2, 0.25) is 5.15 Å². The molecule has 0 aliphatic carbocycles. The number of aryl methyl sites for hydroxylation is 2. The molecule has 11 nitrogen and oxygen atoms in total. The van der Waals surface area contributed by atoms with Crippen molar-refractivity contribution < 1.29 is 18.9 Å². The fourth-order valence-corrected chi connectivity index (χ4v) is 6.64. The Labute approximate surface area is 274 Å². The molecule has 1 N–H and O–H groups in total. The van der Waals surface area contributed by atoms with Gasteiger partial charge in [0, 0.05) is 30.3 Å². The number of nitrogens with one attached hydrogen (secondary N) is 1. The van der Waals surface area contributed by atoms with Crippen molar-refractivity contribution >= 4 is 50.4 Å². The summed E-state index contributed by atoms with van der Waals surface area (Å²) >= 11 is 8.16. The van der Waals surface area contributed by atoms with Crippen LogP contribution in [0, 0.1) is 13.8 Å². The molecule has 0 bridgehead atoms. The molecule has 0 saturated carbocycles. The number of nitrogens with zero attached hydrogens (tertiary/aromatic N) is 6. The Morgan fingerprint density at radius 3 is 2.65 bits per heavy atom. The number of benzene rings is 2. The number of hydrogen-bond donors (Lipinski definition) is 1. The number of hydrogen-bond acceptors (Lipinski definition) is 11. The normalized spacial score (nSPS) is 14.9. The van der Waals surface area contributed by atoms with Crippen LogP contribution in [0.15, 0.2) is 48.8 Å². The quantitative estimate of drug-likeness (QED) is 0.154. The molecule has 4 aromatic heterocycles. The lowest BCUT2D eigenvalue weighted by molar-refractivity contribution is -0.0366. The van der Waals surface area contributed by atoms with Crippen LogP contribution < -0.4 is 19.5 Å². The lowest BCUT2D eigenvalue weighted by Crippen LogP contribution is -2.18. The van der Waals surface area contributed by atoms with Crippen LogP contribution in [-0.2, 0) is 11.3 Å². The number of anilines is 1. The zero-order chi connectivity index (χ0) is 31.8. The predicted molar refractivity (Wildman–Crippen MR) is 178 cm³/mol. The number of halogens is 1. The Morgan fingerprint density at radius 2 is 1.89 bits per heavy atom. The van der Waals surface area contributed by atoms with Crippen LogP contribution in [0.25, 0.3) is 32.2 Å². The SMILES string of the molecule is COc1ccc(CNc2ncc(-c3nnc(C)s3)c3cc(Cl)nc(Oc4c(C)ccc5c4cnn5C4CCCCO4)c23)cc1OC. The summed E-state index contributed by atoms with van der Waals surface area (Å²) in [6.07, 6.45) is 6.57. The fraction of sp³-hybridized carbons (Fsp3) is 0.303. The first-order valence-electron chi connectivity index (χ1n) is 14.9. The Hall–Kier alpha value is -4.52. The lowest BCUT2D eigenvalue weighted by atomic mass is 10.1. The van der Waals surface area contributed by atoms with Crippen LogP contribution in [0.4, 0.5) is 5.82 Å². The van der Waals surface area contributed by atoms with Crippen LogP contribution in [0.1, 0.15) is 41.6 Å². The molecular formula is C33H32ClN7O4S. The third-order valence-electron chi connectivity index (χ3n) is 8.02. The van der Waals surface area contributed by atoms with E-state index < -0.39 is 0 Å². The molecule has 7 rings (SSSR count). The third-order valence-corrected chi connectivity index (χ3v) is 9.09. The van der Waals surface area contributed by atoms with Gasteiger partial charge in [0.1, 0.15) is 26.7 Å². The first-order valence-corrected chi connectivity index (χ1v) is 16.1. The summed E-state index contributed by atoms with van der Waals surface area (Å²) < 4.78 is 25.6. The van der Waals surface area contributed by atoms with Gasteiger partial charge in [-0.3, -0.25) is 0 Å². The van der Waals surface area contributed by atoms with Gasteiger partial charge in [-0.05, 0) is 68.5 Å². The van der Waals surface area contributed by atoms with E-state index in [0.29, 0.717) is 40.9 Å². The van der Waals surface area contributed by atoms with Gasteiger partial charge >= 0.3 is 0 Å². The van der Waals surface area contributed by atoms with Crippen LogP contribution in [0.3, 0.4) is 0 Å². The first-order chi connectivity index (χ1) is 22.4. The van der Waals surface area contributed by atoms with E-state index in [0.717, 1.165) is 68.9 Å². The average molecular weight is 658 g/mol. The fourth-order valence-electron chi connectivity index (χ4n) is 5.74. The van der Waals surface area contributed by atoms with Crippen molar-refractivity contribution in [1.82, 2.24) is 29.9 Å². The lowest BCUT2D eigenvalue weighted by Gasteiger charge is -2.23. The van der Waals surface area contributed by atoms with E-state index in [2.05, 4.69) is 26.6 Å². The standard InChI is InChI=1S/C33H32ClN7O4S/c1-18-8-10-24-23(17-37-41(24)28-7-5-6-12-44-28)30(18)45-32-29-21(14-27(34)38-32)22(33-40-39-19(2)46-33)16-36-31(29)35-15-20-9-11-25(42-3)26(13-20)43-4/h8-11,13-14,16-17,28H,5-7,12,15H2,1-4H3,(H,35,36). The number of fused-ring (bicyclic) bond motifs is 2. The van der Waals surface area contributed by atoms with E-state index >= 15 is 0 Å². The van der Waals surface area contributed by atoms with E-state index in [1.165, 1.54) is 11.3 Å². The summed E-state index contributed by atoms with van der Waals surface area (Å²) in [4.78, 5) is 9.53. The number of ether oxygens (including phenoxy) is 4. The van der Waals surface area contributed by atoms with Crippen LogP contribution in [0.5, 0.6) is 23.1 Å². The van der Waals surface area contributed by atoms with Gasteiger partial charge in [-0.1, -0.05) is 35.1 Å². The molecule has 236 valence electrons. The minimum absolute atomic E-state index is 0.110. The largest absolute Gasteiger partial charge is 0.493 e. The molecule has 1 fully saturated rings. The molecule has 1 aliphatic rings. The third kappa shape index (κ3) is 5.68. The number of rotatable bonds is 9. The Morgan fingerprint density at radius 1 is 1.02 bits per heavy atom. The molecule has 1 saturated heterocycles. The van der Waals surface area contributed by atoms with E-state index in [1.54, 1.807) is 20.4 Å². The van der Waals surface area contributed by atoms with Crippen molar-refractivity contribution in [3.05, 3.63) is 70.1 Å². The number of methoxy groups -OCH3 is 2. The highest BCUT2D eigenvalue weighted by Crippen LogP contribution is 2.43. The summed E-state index contributed by atoms with van der Waals surface area (Å²) in [6.45, 7) is 5.09. The monoisotopic (exact) mass is 657 g/mol. The highest BCUT2D eigenvalue weighted by Gasteiger charge is 2.23. The number of aromatic nitrogens is 6. The topological polar surface area (TPSA) is 118 Å². The van der Waals surface area contributed by atoms with Crippen molar-refractivity contribution in [1.29, 1.82) is 0 Å². The van der Waals surface area contributed by atoms with Crippen LogP contribution in [-0.4, -0.2) is 50.8 Å². The van der Waals surface area contributed by atoms with Crippen molar-refractivity contribution in [3.63, 3.8) is 0 Å². The molecule has 0 radical (unpaired) electrons. The predicted octanol–water partition coefficient (Wildman–Crippen LogP) is 7.89. The molecule has 0 amide bonds. The summed E-state index contributed by atoms with van der Waals surface area (Å²) in [6, 6.07) is 11.7. The molecule has 1 aliphatic heterocycles. The van der Waals surface area contributed by atoms with E-state index in [1.807, 2.05) is 55.1 Å². The van der Waals surface area contributed by atoms with Crippen LogP contribution >= 0.6 is 22.9 Å². The Bertz CT molecular complexity index is 2060. The van der Waals surface area contributed by atoms with Gasteiger partial charge in [-0.15, -0.1) is 10.2 Å². The van der Waals surface area contributed by atoms with Gasteiger partial charge in [-0.2, -0.15) is 5.10 Å². The minimum atomic E-state index is -0.110. The number of pyridine rings is 2. The van der Waals surface area contributed by atoms with E-state index in [4.69, 9.17) is 40.6 Å². The Kier molecular flexibility index (Phi) is 8.33. The van der Waals surface area contributed by atoms with Crippen molar-refractivity contribution in [3.8, 4) is 33.7 Å². The summed E-state index contributed by atoms with van der Waals surface area (Å²) in [7, 11) is 3.23. The maximum Gasteiger partial charge on any atom is 0.232 e. The second-order valence-electron chi connectivity index (χ2n) is 11.0. The zero-order valence-electron chi connectivity index (χ0n) is 25.8. The molecule has 46 heavy (non-hydrogen) atoms. The second-order valence-corrected chi connectivity index (χ2v) is 12.6. The molecule has 1 atom stereocenters. The van der Waals surface area contributed by atoms with Gasteiger partial charge in [0.05, 0.1) is 36.7 Å². The minimum Gasteiger partial charge on any atom is -0.493 e. The average Bonchev–Trinajstić information content (AvgIpc) is 3.71. The van der Waals surface area contributed by atoms with Gasteiger partial charge in [0.2, 0.25) is 5.88 Å². The maximum atomic E-state index is 6.73. The molecular weight excluding hydrogens is 626 g/mol. The second kappa shape index (κ2) is 12.7. The van der Waals surface area contributed by atoms with Gasteiger partial charge in [-0.25, -0.2) is 14.6 Å². The van der Waals surface area contributed by atoms with Crippen molar-refractivity contribution in [2.24, 2.45) is 0 Å². The van der Waals surface area contributed by atoms with Gasteiger partial charge < -0.3 is 24.3 Å². The molecule has 1 unspecified atom stereocenters. The van der Waals surface area contributed by atoms with Crippen molar-refractivity contribution in [2.45, 2.75) is 45.9 Å². The molecule has 2 aromatic carbocycles. The highest BCUT2D eigenvalue weighted by atomic mass is 35.5. The molecule has 0 spiro atoms. The molecule has 5 heterocycles. The summed E-state index contributed by atoms with van der Waals surface area (Å²) in [5.74, 6) is 2.82. The van der Waals surface area contributed by atoms with Gasteiger partial charge in [0.25, 0.3) is 0 Å². The first kappa shape index (κ1) is 30.2. The van der Waals surface area contributed by atoms with E-state index in [-0.39, 0.29) is 11.4 Å². The van der Waals surface area contributed by atoms with Crippen molar-refractivity contribution in [2.75, 3.05) is 26.1 Å². The van der Waals surface area contributed by atoms with Gasteiger partial charge in [0.15, 0.2) is 17.7 Å². The smallest absolute Gasteiger partial charge is 0.232 e. The summed E-state index contributed by atoms with van der Waals surface area (Å²) in [5.41, 5.74) is 3.60. The molecule has 13 heteroatoms. The molecule has 6 aromatic rings. The highest BCUT2D eigenvalue weighted by molar-refractivity contribution is 7.14. The maximum absolute atomic E-state index is 6.73. The Balaban J connectivity index is 1.34.